The van der Waals surface area contributed by atoms with Gasteiger partial charge >= 0.3 is 6.09 Å². The smallest absolute Gasteiger partial charge is 0.410 e. The number of likely N-dealkylation sites (tertiary alicyclic amines) is 1. The van der Waals surface area contributed by atoms with Crippen molar-refractivity contribution in [2.24, 2.45) is 0 Å². The number of hydrogen-bond donors (Lipinski definition) is 0. The molecule has 0 spiro atoms. The van der Waals surface area contributed by atoms with Gasteiger partial charge in [-0.1, -0.05) is 5.16 Å². The molecular weight excluding hydrogens is 352 g/mol. The van der Waals surface area contributed by atoms with E-state index in [0.717, 1.165) is 5.39 Å². The van der Waals surface area contributed by atoms with Gasteiger partial charge < -0.3 is 23.3 Å². The van der Waals surface area contributed by atoms with Crippen molar-refractivity contribution in [3.8, 4) is 11.6 Å². The van der Waals surface area contributed by atoms with Crippen LogP contribution in [-0.4, -0.2) is 50.9 Å². The highest BCUT2D eigenvalue weighted by Crippen LogP contribution is 2.25. The number of nitrogens with zero attached hydrogens (tertiary/aromatic N) is 4. The van der Waals surface area contributed by atoms with Crippen molar-refractivity contribution in [3.63, 3.8) is 0 Å². The molecule has 1 aliphatic rings. The zero-order chi connectivity index (χ0) is 19.0. The number of hydrogen-bond acceptors (Lipinski definition) is 8. The van der Waals surface area contributed by atoms with Crippen LogP contribution in [0, 0.1) is 0 Å². The second-order valence-electron chi connectivity index (χ2n) is 7.35. The molecule has 1 aliphatic heterocycles. The van der Waals surface area contributed by atoms with Gasteiger partial charge in [0.1, 0.15) is 17.8 Å². The summed E-state index contributed by atoms with van der Waals surface area (Å²) in [5, 5.41) is 4.79. The minimum absolute atomic E-state index is 0.0786. The normalized spacial score (nSPS) is 15.1. The molecule has 142 valence electrons. The van der Waals surface area contributed by atoms with Crippen LogP contribution in [-0.2, 0) is 16.1 Å². The number of carbonyl (C=O) groups is 1. The van der Waals surface area contributed by atoms with Crippen LogP contribution in [0.15, 0.2) is 33.5 Å². The van der Waals surface area contributed by atoms with E-state index in [1.807, 2.05) is 26.8 Å². The number of rotatable bonds is 4. The van der Waals surface area contributed by atoms with Crippen molar-refractivity contribution in [1.29, 1.82) is 0 Å². The maximum Gasteiger partial charge on any atom is 0.410 e. The minimum atomic E-state index is -0.504. The minimum Gasteiger partial charge on any atom is -0.452 e. The van der Waals surface area contributed by atoms with Gasteiger partial charge in [0.15, 0.2) is 5.76 Å². The number of fused-ring (bicyclic) bond motifs is 1. The largest absolute Gasteiger partial charge is 0.452 e. The summed E-state index contributed by atoms with van der Waals surface area (Å²) in [5.74, 6) is 1.21. The molecule has 4 rings (SSSR count). The predicted octanol–water partition coefficient (Wildman–Crippen LogP) is 3.01. The van der Waals surface area contributed by atoms with Gasteiger partial charge in [-0.15, -0.1) is 0 Å². The molecule has 27 heavy (non-hydrogen) atoms. The molecule has 9 nitrogen and oxygen atoms in total. The first kappa shape index (κ1) is 17.5. The summed E-state index contributed by atoms with van der Waals surface area (Å²) in [5.41, 5.74) is 0.204. The second kappa shape index (κ2) is 6.66. The molecule has 0 bridgehead atoms. The van der Waals surface area contributed by atoms with Crippen molar-refractivity contribution < 1.29 is 23.2 Å². The maximum atomic E-state index is 11.9. The fourth-order valence-corrected chi connectivity index (χ4v) is 2.62. The van der Waals surface area contributed by atoms with Crippen LogP contribution in [0.4, 0.5) is 4.79 Å². The molecule has 0 aromatic carbocycles. The molecule has 1 fully saturated rings. The van der Waals surface area contributed by atoms with E-state index in [4.69, 9.17) is 18.4 Å². The highest BCUT2D eigenvalue weighted by Gasteiger charge is 2.34. The van der Waals surface area contributed by atoms with E-state index >= 15 is 0 Å². The summed E-state index contributed by atoms with van der Waals surface area (Å²) in [4.78, 5) is 21.8. The standard InChI is InChI=1S/C18H20N4O5/c1-18(2,3)26-17(23)22-8-12(9-22)24-10-15-20-16(21-27-15)14-6-11-7-19-5-4-13(11)25-14/h4-7,12H,8-10H2,1-3H3. The molecule has 3 aromatic heterocycles. The summed E-state index contributed by atoms with van der Waals surface area (Å²) in [6.07, 6.45) is 2.95. The molecule has 0 aliphatic carbocycles. The molecule has 3 aromatic rings. The lowest BCUT2D eigenvalue weighted by molar-refractivity contribution is -0.0739. The quantitative estimate of drug-likeness (QED) is 0.688. The third kappa shape index (κ3) is 3.92. The zero-order valence-corrected chi connectivity index (χ0v) is 15.3. The first-order chi connectivity index (χ1) is 12.9. The Labute approximate surface area is 155 Å². The number of amides is 1. The fourth-order valence-electron chi connectivity index (χ4n) is 2.62. The van der Waals surface area contributed by atoms with Crippen LogP contribution < -0.4 is 0 Å². The first-order valence-electron chi connectivity index (χ1n) is 8.63. The van der Waals surface area contributed by atoms with E-state index in [2.05, 4.69) is 15.1 Å². The van der Waals surface area contributed by atoms with Gasteiger partial charge in [0.25, 0.3) is 5.89 Å². The first-order valence-corrected chi connectivity index (χ1v) is 8.63. The number of furan rings is 1. The molecule has 0 saturated carbocycles. The van der Waals surface area contributed by atoms with Crippen LogP contribution >= 0.6 is 0 Å². The van der Waals surface area contributed by atoms with Crippen molar-refractivity contribution in [2.45, 2.75) is 39.1 Å². The number of ether oxygens (including phenoxy) is 2. The molecule has 0 atom stereocenters. The van der Waals surface area contributed by atoms with Crippen LogP contribution in [0.1, 0.15) is 26.7 Å². The van der Waals surface area contributed by atoms with Crippen molar-refractivity contribution in [2.75, 3.05) is 13.1 Å². The molecule has 1 amide bonds. The van der Waals surface area contributed by atoms with Gasteiger partial charge in [-0.2, -0.15) is 4.98 Å². The Kier molecular flexibility index (Phi) is 4.31. The van der Waals surface area contributed by atoms with Gasteiger partial charge in [0.05, 0.1) is 19.2 Å². The summed E-state index contributed by atoms with van der Waals surface area (Å²) in [7, 11) is 0. The molecule has 0 N–H and O–H groups in total. The topological polar surface area (TPSA) is 104 Å². The monoisotopic (exact) mass is 372 g/mol. The van der Waals surface area contributed by atoms with Gasteiger partial charge in [0, 0.05) is 17.8 Å². The Morgan fingerprint density at radius 2 is 2.19 bits per heavy atom. The van der Waals surface area contributed by atoms with E-state index in [-0.39, 0.29) is 18.8 Å². The average Bonchev–Trinajstić information content (AvgIpc) is 3.17. The van der Waals surface area contributed by atoms with E-state index in [0.29, 0.717) is 36.1 Å². The summed E-state index contributed by atoms with van der Waals surface area (Å²) in [6.45, 7) is 6.64. The Bertz CT molecular complexity index is 919. The van der Waals surface area contributed by atoms with Crippen molar-refractivity contribution in [3.05, 3.63) is 30.4 Å². The lowest BCUT2D eigenvalue weighted by atomic mass is 10.2. The van der Waals surface area contributed by atoms with E-state index in [1.54, 1.807) is 23.4 Å². The van der Waals surface area contributed by atoms with Crippen molar-refractivity contribution >= 4 is 17.1 Å². The Hall–Kier alpha value is -2.94. The summed E-state index contributed by atoms with van der Waals surface area (Å²) in [6, 6.07) is 3.58. The number of carbonyl (C=O) groups excluding carboxylic acids is 1. The van der Waals surface area contributed by atoms with Gasteiger partial charge in [-0.05, 0) is 32.9 Å². The third-order valence-corrected chi connectivity index (χ3v) is 3.95. The molecular formula is C18H20N4O5. The molecule has 9 heteroatoms. The van der Waals surface area contributed by atoms with E-state index < -0.39 is 5.60 Å². The molecule has 0 unspecified atom stereocenters. The van der Waals surface area contributed by atoms with Crippen LogP contribution in [0.5, 0.6) is 0 Å². The fraction of sp³-hybridized carbons (Fsp3) is 0.444. The Morgan fingerprint density at radius 3 is 2.93 bits per heavy atom. The highest BCUT2D eigenvalue weighted by atomic mass is 16.6. The van der Waals surface area contributed by atoms with Crippen LogP contribution in [0.3, 0.4) is 0 Å². The van der Waals surface area contributed by atoms with Gasteiger partial charge in [-0.3, -0.25) is 4.98 Å². The van der Waals surface area contributed by atoms with E-state index in [9.17, 15) is 4.79 Å². The maximum absolute atomic E-state index is 11.9. The second-order valence-corrected chi connectivity index (χ2v) is 7.35. The zero-order valence-electron chi connectivity index (χ0n) is 15.3. The lowest BCUT2D eigenvalue weighted by Gasteiger charge is -2.39. The number of pyridine rings is 1. The van der Waals surface area contributed by atoms with Gasteiger partial charge in [-0.25, -0.2) is 4.79 Å². The summed E-state index contributed by atoms with van der Waals surface area (Å²) >= 11 is 0. The molecule has 1 saturated heterocycles. The lowest BCUT2D eigenvalue weighted by Crippen LogP contribution is -2.55. The van der Waals surface area contributed by atoms with Crippen LogP contribution in [0.25, 0.3) is 22.6 Å². The average molecular weight is 372 g/mol. The highest BCUT2D eigenvalue weighted by molar-refractivity contribution is 5.80. The number of aromatic nitrogens is 3. The predicted molar refractivity (Wildman–Crippen MR) is 93.7 cm³/mol. The summed E-state index contributed by atoms with van der Waals surface area (Å²) < 4.78 is 21.9. The third-order valence-electron chi connectivity index (χ3n) is 3.95. The molecule has 4 heterocycles. The Balaban J connectivity index is 1.29. The van der Waals surface area contributed by atoms with Gasteiger partial charge in [0.2, 0.25) is 5.82 Å². The van der Waals surface area contributed by atoms with E-state index in [1.165, 1.54) is 0 Å². The van der Waals surface area contributed by atoms with Crippen molar-refractivity contribution in [1.82, 2.24) is 20.0 Å². The Morgan fingerprint density at radius 1 is 1.37 bits per heavy atom. The SMILES string of the molecule is CC(C)(C)OC(=O)N1CC(OCc2nc(-c3cc4cnccc4o3)no2)C1. The molecule has 0 radical (unpaired) electrons. The van der Waals surface area contributed by atoms with Crippen LogP contribution in [0.2, 0.25) is 0 Å².